The van der Waals surface area contributed by atoms with Crippen LogP contribution in [0.25, 0.3) is 0 Å². The van der Waals surface area contributed by atoms with Crippen LogP contribution in [0.1, 0.15) is 20.3 Å². The van der Waals surface area contributed by atoms with Crippen LogP contribution in [0, 0.1) is 5.92 Å². The van der Waals surface area contributed by atoms with Gasteiger partial charge < -0.3 is 10.4 Å². The standard InChI is InChI=1S/C10H22N2O/c1-3-12-8-9(2)6-11-7-10(12)4-5-13/h9-11,13H,3-8H2,1-2H3. The van der Waals surface area contributed by atoms with Crippen molar-refractivity contribution in [2.75, 3.05) is 32.8 Å². The van der Waals surface area contributed by atoms with E-state index in [9.17, 15) is 0 Å². The summed E-state index contributed by atoms with van der Waals surface area (Å²) in [4.78, 5) is 2.47. The second-order valence-corrected chi connectivity index (χ2v) is 4.02. The van der Waals surface area contributed by atoms with Crippen LogP contribution in [0.3, 0.4) is 0 Å². The molecule has 3 nitrogen and oxygen atoms in total. The Balaban J connectivity index is 2.48. The molecule has 78 valence electrons. The molecule has 1 heterocycles. The summed E-state index contributed by atoms with van der Waals surface area (Å²) in [7, 11) is 0. The number of likely N-dealkylation sites (N-methyl/N-ethyl adjacent to an activating group) is 1. The van der Waals surface area contributed by atoms with E-state index in [1.807, 2.05) is 0 Å². The van der Waals surface area contributed by atoms with Gasteiger partial charge in [-0.15, -0.1) is 0 Å². The van der Waals surface area contributed by atoms with Crippen molar-refractivity contribution < 1.29 is 5.11 Å². The molecule has 1 aliphatic heterocycles. The average molecular weight is 186 g/mol. The van der Waals surface area contributed by atoms with Gasteiger partial charge in [-0.05, 0) is 25.4 Å². The lowest BCUT2D eigenvalue weighted by Crippen LogP contribution is -2.40. The summed E-state index contributed by atoms with van der Waals surface area (Å²) in [6, 6.07) is 0.528. The number of nitrogens with one attached hydrogen (secondary N) is 1. The van der Waals surface area contributed by atoms with Gasteiger partial charge in [-0.25, -0.2) is 0 Å². The fraction of sp³-hybridized carbons (Fsp3) is 1.00. The maximum Gasteiger partial charge on any atom is 0.0446 e. The molecule has 0 saturated carbocycles. The van der Waals surface area contributed by atoms with Crippen molar-refractivity contribution in [2.24, 2.45) is 5.92 Å². The molecule has 2 unspecified atom stereocenters. The van der Waals surface area contributed by atoms with E-state index in [1.165, 1.54) is 0 Å². The fourth-order valence-corrected chi connectivity index (χ4v) is 2.06. The van der Waals surface area contributed by atoms with Gasteiger partial charge in [-0.3, -0.25) is 4.90 Å². The maximum atomic E-state index is 8.94. The van der Waals surface area contributed by atoms with Crippen molar-refractivity contribution in [1.82, 2.24) is 10.2 Å². The normalized spacial score (nSPS) is 31.6. The molecular formula is C10H22N2O. The third-order valence-electron chi connectivity index (χ3n) is 2.80. The van der Waals surface area contributed by atoms with Crippen molar-refractivity contribution >= 4 is 0 Å². The Morgan fingerprint density at radius 1 is 1.46 bits per heavy atom. The molecular weight excluding hydrogens is 164 g/mol. The van der Waals surface area contributed by atoms with E-state index in [0.29, 0.717) is 12.6 Å². The van der Waals surface area contributed by atoms with E-state index in [1.54, 1.807) is 0 Å². The van der Waals surface area contributed by atoms with Gasteiger partial charge in [0.1, 0.15) is 0 Å². The lowest BCUT2D eigenvalue weighted by atomic mass is 10.1. The molecule has 0 aromatic carbocycles. The average Bonchev–Trinajstić information content (AvgIpc) is 2.29. The van der Waals surface area contributed by atoms with E-state index in [-0.39, 0.29) is 0 Å². The SMILES string of the molecule is CCN1CC(C)CNCC1CCO. The molecule has 13 heavy (non-hydrogen) atoms. The molecule has 1 fully saturated rings. The molecule has 1 aliphatic rings. The number of hydrogen-bond donors (Lipinski definition) is 2. The first-order valence-corrected chi connectivity index (χ1v) is 5.33. The van der Waals surface area contributed by atoms with Gasteiger partial charge in [-0.2, -0.15) is 0 Å². The predicted molar refractivity (Wildman–Crippen MR) is 54.8 cm³/mol. The predicted octanol–water partition coefficient (Wildman–Crippen LogP) is 0.299. The molecule has 0 bridgehead atoms. The molecule has 1 rings (SSSR count). The van der Waals surface area contributed by atoms with Gasteiger partial charge >= 0.3 is 0 Å². The summed E-state index contributed by atoms with van der Waals surface area (Å²) in [6.07, 6.45) is 0.896. The molecule has 3 heteroatoms. The Morgan fingerprint density at radius 3 is 2.85 bits per heavy atom. The first-order valence-electron chi connectivity index (χ1n) is 5.33. The second kappa shape index (κ2) is 5.58. The monoisotopic (exact) mass is 186 g/mol. The highest BCUT2D eigenvalue weighted by molar-refractivity contribution is 4.79. The van der Waals surface area contributed by atoms with Crippen LogP contribution < -0.4 is 5.32 Å². The highest BCUT2D eigenvalue weighted by Crippen LogP contribution is 2.10. The van der Waals surface area contributed by atoms with E-state index in [0.717, 1.165) is 38.5 Å². The van der Waals surface area contributed by atoms with Crippen LogP contribution in [0.15, 0.2) is 0 Å². The Bertz CT molecular complexity index is 141. The molecule has 1 saturated heterocycles. The van der Waals surface area contributed by atoms with Gasteiger partial charge in [0.15, 0.2) is 0 Å². The van der Waals surface area contributed by atoms with Gasteiger partial charge in [0.2, 0.25) is 0 Å². The first kappa shape index (κ1) is 11.0. The maximum absolute atomic E-state index is 8.94. The molecule has 2 atom stereocenters. The Morgan fingerprint density at radius 2 is 2.23 bits per heavy atom. The van der Waals surface area contributed by atoms with Gasteiger partial charge in [0, 0.05) is 25.7 Å². The zero-order valence-corrected chi connectivity index (χ0v) is 8.79. The van der Waals surface area contributed by atoms with Crippen LogP contribution >= 0.6 is 0 Å². The third-order valence-corrected chi connectivity index (χ3v) is 2.80. The van der Waals surface area contributed by atoms with Crippen LogP contribution in [0.5, 0.6) is 0 Å². The van der Waals surface area contributed by atoms with Crippen LogP contribution in [-0.4, -0.2) is 48.8 Å². The molecule has 0 spiro atoms. The molecule has 0 aromatic rings. The largest absolute Gasteiger partial charge is 0.396 e. The minimum Gasteiger partial charge on any atom is -0.396 e. The highest BCUT2D eigenvalue weighted by Gasteiger charge is 2.21. The smallest absolute Gasteiger partial charge is 0.0446 e. The quantitative estimate of drug-likeness (QED) is 0.665. The number of aliphatic hydroxyl groups is 1. The lowest BCUT2D eigenvalue weighted by Gasteiger charge is -2.28. The van der Waals surface area contributed by atoms with E-state index in [2.05, 4.69) is 24.1 Å². The minimum atomic E-state index is 0.303. The number of nitrogens with zero attached hydrogens (tertiary/aromatic N) is 1. The summed E-state index contributed by atoms with van der Waals surface area (Å²) >= 11 is 0. The Hall–Kier alpha value is -0.120. The van der Waals surface area contributed by atoms with Gasteiger partial charge in [0.05, 0.1) is 0 Å². The number of rotatable bonds is 3. The topological polar surface area (TPSA) is 35.5 Å². The van der Waals surface area contributed by atoms with Crippen molar-refractivity contribution in [3.63, 3.8) is 0 Å². The molecule has 2 N–H and O–H groups in total. The van der Waals surface area contributed by atoms with E-state index >= 15 is 0 Å². The molecule has 0 amide bonds. The fourth-order valence-electron chi connectivity index (χ4n) is 2.06. The summed E-state index contributed by atoms with van der Waals surface area (Å²) in [5, 5.41) is 12.4. The summed E-state index contributed by atoms with van der Waals surface area (Å²) in [5.74, 6) is 0.726. The van der Waals surface area contributed by atoms with E-state index in [4.69, 9.17) is 5.11 Å². The van der Waals surface area contributed by atoms with Crippen molar-refractivity contribution in [1.29, 1.82) is 0 Å². The lowest BCUT2D eigenvalue weighted by molar-refractivity contribution is 0.162. The van der Waals surface area contributed by atoms with Gasteiger partial charge in [-0.1, -0.05) is 13.8 Å². The summed E-state index contributed by atoms with van der Waals surface area (Å²) in [6.45, 7) is 9.17. The highest BCUT2D eigenvalue weighted by atomic mass is 16.3. The van der Waals surface area contributed by atoms with Crippen LogP contribution in [-0.2, 0) is 0 Å². The van der Waals surface area contributed by atoms with E-state index < -0.39 is 0 Å². The number of hydrogen-bond acceptors (Lipinski definition) is 3. The van der Waals surface area contributed by atoms with Crippen molar-refractivity contribution in [3.8, 4) is 0 Å². The summed E-state index contributed by atoms with van der Waals surface area (Å²) < 4.78 is 0. The van der Waals surface area contributed by atoms with Crippen molar-refractivity contribution in [3.05, 3.63) is 0 Å². The molecule has 0 aromatic heterocycles. The van der Waals surface area contributed by atoms with Crippen LogP contribution in [0.2, 0.25) is 0 Å². The zero-order chi connectivity index (χ0) is 9.68. The Kier molecular flexibility index (Phi) is 4.70. The Labute approximate surface area is 81.1 Å². The number of aliphatic hydroxyl groups excluding tert-OH is 1. The third kappa shape index (κ3) is 3.25. The zero-order valence-electron chi connectivity index (χ0n) is 8.79. The molecule has 0 aliphatic carbocycles. The van der Waals surface area contributed by atoms with Crippen LogP contribution in [0.4, 0.5) is 0 Å². The second-order valence-electron chi connectivity index (χ2n) is 4.02. The van der Waals surface area contributed by atoms with Crippen molar-refractivity contribution in [2.45, 2.75) is 26.3 Å². The first-order chi connectivity index (χ1) is 6.27. The molecule has 0 radical (unpaired) electrons. The van der Waals surface area contributed by atoms with Gasteiger partial charge in [0.25, 0.3) is 0 Å². The minimum absolute atomic E-state index is 0.303. The summed E-state index contributed by atoms with van der Waals surface area (Å²) in [5.41, 5.74) is 0.